The average molecular weight is 277 g/mol. The number of alkyl halides is 3. The molecule has 1 rings (SSSR count). The first-order valence-electron chi connectivity index (χ1n) is 5.25. The zero-order valence-electron chi connectivity index (χ0n) is 10.3. The fourth-order valence-electron chi connectivity index (χ4n) is 1.08. The summed E-state index contributed by atoms with van der Waals surface area (Å²) in [6.07, 6.45) is -4.62. The van der Waals surface area contributed by atoms with Crippen LogP contribution in [0.15, 0.2) is 34.7 Å². The van der Waals surface area contributed by atoms with Crippen molar-refractivity contribution in [2.45, 2.75) is 31.7 Å². The molecule has 0 aliphatic rings. The molecule has 1 aromatic rings. The van der Waals surface area contributed by atoms with Crippen molar-refractivity contribution in [3.05, 3.63) is 35.9 Å². The van der Waals surface area contributed by atoms with Gasteiger partial charge in [-0.05, 0) is 20.8 Å². The summed E-state index contributed by atoms with van der Waals surface area (Å²) in [6, 6.07) is 7.17. The van der Waals surface area contributed by atoms with Crippen LogP contribution in [0.2, 0.25) is 0 Å². The van der Waals surface area contributed by atoms with Gasteiger partial charge in [-0.15, -0.1) is 0 Å². The van der Waals surface area contributed by atoms with Gasteiger partial charge in [-0.2, -0.15) is 17.6 Å². The number of halogens is 3. The first kappa shape index (κ1) is 14.9. The van der Waals surface area contributed by atoms with E-state index >= 15 is 0 Å². The summed E-state index contributed by atoms with van der Waals surface area (Å²) in [5, 5.41) is 0. The molecule has 0 aromatic heterocycles. The summed E-state index contributed by atoms with van der Waals surface area (Å²) in [6.45, 7) is 4.72. The third kappa shape index (κ3) is 3.94. The maximum absolute atomic E-state index is 12.9. The summed E-state index contributed by atoms with van der Waals surface area (Å²) in [7, 11) is -1.95. The van der Waals surface area contributed by atoms with Crippen LogP contribution < -0.4 is 0 Å². The molecule has 0 saturated carbocycles. The van der Waals surface area contributed by atoms with E-state index in [4.69, 9.17) is 0 Å². The Balaban J connectivity index is 3.25. The van der Waals surface area contributed by atoms with Crippen molar-refractivity contribution in [2.75, 3.05) is 0 Å². The second-order valence-corrected chi connectivity index (χ2v) is 6.57. The van der Waals surface area contributed by atoms with Gasteiger partial charge in [-0.25, -0.2) is 4.21 Å². The van der Waals surface area contributed by atoms with Crippen molar-refractivity contribution in [1.82, 2.24) is 0 Å². The van der Waals surface area contributed by atoms with Crippen LogP contribution >= 0.6 is 0 Å². The van der Waals surface area contributed by atoms with Gasteiger partial charge in [-0.1, -0.05) is 30.3 Å². The molecule has 1 atom stereocenters. The quantitative estimate of drug-likeness (QED) is 0.761. The van der Waals surface area contributed by atoms with Crippen LogP contribution in [-0.2, 0) is 11.0 Å². The number of rotatable bonds is 2. The molecule has 0 radical (unpaired) electrons. The van der Waals surface area contributed by atoms with E-state index in [0.717, 1.165) is 0 Å². The summed E-state index contributed by atoms with van der Waals surface area (Å²) in [5.74, 6) is 0. The number of hydrogen-bond acceptors (Lipinski definition) is 1. The molecule has 2 nitrogen and oxygen atoms in total. The van der Waals surface area contributed by atoms with E-state index < -0.39 is 27.6 Å². The van der Waals surface area contributed by atoms with Crippen molar-refractivity contribution in [1.29, 1.82) is 0 Å². The van der Waals surface area contributed by atoms with Gasteiger partial charge in [0.05, 0.1) is 4.75 Å². The Hall–Kier alpha value is -1.17. The third-order valence-electron chi connectivity index (χ3n) is 2.01. The molecular formula is C12H14F3NOS. The molecule has 0 heterocycles. The van der Waals surface area contributed by atoms with Crippen LogP contribution in [0, 0.1) is 0 Å². The lowest BCUT2D eigenvalue weighted by Gasteiger charge is -2.16. The SMILES string of the molecule is CC(C)(C)[S@@](=O)/N=C(\c1ccccc1)C(F)(F)F. The smallest absolute Gasteiger partial charge is 0.234 e. The van der Waals surface area contributed by atoms with Gasteiger partial charge in [0, 0.05) is 5.56 Å². The Kier molecular flexibility index (Phi) is 4.32. The molecule has 0 spiro atoms. The highest BCUT2D eigenvalue weighted by Gasteiger charge is 2.38. The molecule has 0 N–H and O–H groups in total. The Bertz CT molecular complexity index is 460. The number of nitrogens with zero attached hydrogens (tertiary/aromatic N) is 1. The fraction of sp³-hybridized carbons (Fsp3) is 0.417. The monoisotopic (exact) mass is 277 g/mol. The van der Waals surface area contributed by atoms with Crippen molar-refractivity contribution in [2.24, 2.45) is 4.40 Å². The minimum Gasteiger partial charge on any atom is -0.234 e. The van der Waals surface area contributed by atoms with Crippen LogP contribution in [0.5, 0.6) is 0 Å². The van der Waals surface area contributed by atoms with Crippen LogP contribution in [-0.4, -0.2) is 20.8 Å². The topological polar surface area (TPSA) is 29.4 Å². The van der Waals surface area contributed by atoms with E-state index in [9.17, 15) is 17.4 Å². The summed E-state index contributed by atoms with van der Waals surface area (Å²) < 4.78 is 52.9. The van der Waals surface area contributed by atoms with Gasteiger partial charge < -0.3 is 0 Å². The first-order chi connectivity index (χ1) is 8.12. The van der Waals surface area contributed by atoms with Crippen LogP contribution in [0.25, 0.3) is 0 Å². The molecule has 100 valence electrons. The molecular weight excluding hydrogens is 263 g/mol. The highest BCUT2D eigenvalue weighted by Crippen LogP contribution is 2.25. The Morgan fingerprint density at radius 1 is 1.11 bits per heavy atom. The number of benzene rings is 1. The van der Waals surface area contributed by atoms with Gasteiger partial charge in [0.15, 0.2) is 5.71 Å². The fourth-order valence-corrected chi connectivity index (χ4v) is 1.73. The number of hydrogen-bond donors (Lipinski definition) is 0. The lowest BCUT2D eigenvalue weighted by Crippen LogP contribution is -2.28. The predicted molar refractivity (Wildman–Crippen MR) is 66.9 cm³/mol. The van der Waals surface area contributed by atoms with E-state index in [1.165, 1.54) is 24.3 Å². The first-order valence-corrected chi connectivity index (χ1v) is 6.36. The lowest BCUT2D eigenvalue weighted by molar-refractivity contribution is -0.0578. The van der Waals surface area contributed by atoms with Crippen molar-refractivity contribution in [3.63, 3.8) is 0 Å². The van der Waals surface area contributed by atoms with Crippen molar-refractivity contribution < 1.29 is 17.4 Å². The van der Waals surface area contributed by atoms with E-state index in [1.807, 2.05) is 0 Å². The molecule has 0 unspecified atom stereocenters. The van der Waals surface area contributed by atoms with Gasteiger partial charge >= 0.3 is 6.18 Å². The zero-order valence-corrected chi connectivity index (χ0v) is 11.1. The highest BCUT2D eigenvalue weighted by atomic mass is 32.2. The van der Waals surface area contributed by atoms with Crippen LogP contribution in [0.4, 0.5) is 13.2 Å². The van der Waals surface area contributed by atoms with Gasteiger partial charge in [0.2, 0.25) is 0 Å². The molecule has 0 bridgehead atoms. The minimum atomic E-state index is -4.62. The normalized spacial score (nSPS) is 15.6. The molecule has 0 fully saturated rings. The minimum absolute atomic E-state index is 0.0809. The molecule has 0 aliphatic heterocycles. The Morgan fingerprint density at radius 3 is 2.00 bits per heavy atom. The standard InChI is InChI=1S/C12H14F3NOS/c1-11(2,3)18(17)16-10(12(13,14)15)9-7-5-4-6-8-9/h4-8H,1-3H3/b16-10+/t18-/m1/s1. The third-order valence-corrected chi connectivity index (χ3v) is 3.41. The van der Waals surface area contributed by atoms with E-state index in [0.29, 0.717) is 0 Å². The zero-order chi connectivity index (χ0) is 14.0. The van der Waals surface area contributed by atoms with E-state index in [1.54, 1.807) is 26.8 Å². The molecule has 1 aromatic carbocycles. The maximum atomic E-state index is 12.9. The van der Waals surface area contributed by atoms with Crippen LogP contribution in [0.3, 0.4) is 0 Å². The Morgan fingerprint density at radius 2 is 1.61 bits per heavy atom. The second-order valence-electron chi connectivity index (χ2n) is 4.67. The second kappa shape index (κ2) is 5.22. The van der Waals surface area contributed by atoms with Gasteiger partial charge in [0.1, 0.15) is 11.0 Å². The molecule has 0 saturated heterocycles. The van der Waals surface area contributed by atoms with Crippen molar-refractivity contribution >= 4 is 16.7 Å². The summed E-state index contributed by atoms with van der Waals surface area (Å²) >= 11 is 0. The van der Waals surface area contributed by atoms with Crippen LogP contribution in [0.1, 0.15) is 26.3 Å². The Labute approximate surface area is 107 Å². The highest BCUT2D eigenvalue weighted by molar-refractivity contribution is 7.85. The van der Waals surface area contributed by atoms with Crippen molar-refractivity contribution in [3.8, 4) is 0 Å². The average Bonchev–Trinajstić information content (AvgIpc) is 2.23. The molecule has 0 amide bonds. The van der Waals surface area contributed by atoms with E-state index in [2.05, 4.69) is 4.40 Å². The molecule has 6 heteroatoms. The lowest BCUT2D eigenvalue weighted by atomic mass is 10.1. The summed E-state index contributed by atoms with van der Waals surface area (Å²) in [4.78, 5) is 0. The largest absolute Gasteiger partial charge is 0.434 e. The maximum Gasteiger partial charge on any atom is 0.434 e. The molecule has 0 aliphatic carbocycles. The van der Waals surface area contributed by atoms with Gasteiger partial charge in [-0.3, -0.25) is 0 Å². The molecule has 18 heavy (non-hydrogen) atoms. The summed E-state index contributed by atoms with van der Waals surface area (Å²) in [5.41, 5.74) is -1.18. The predicted octanol–water partition coefficient (Wildman–Crippen LogP) is 3.50. The van der Waals surface area contributed by atoms with Gasteiger partial charge in [0.25, 0.3) is 0 Å². The van der Waals surface area contributed by atoms with E-state index in [-0.39, 0.29) is 5.56 Å².